The van der Waals surface area contributed by atoms with Gasteiger partial charge in [0, 0.05) is 37.2 Å². The smallest absolute Gasteiger partial charge is 0.317 e. The van der Waals surface area contributed by atoms with Crippen LogP contribution in [0.5, 0.6) is 5.75 Å². The van der Waals surface area contributed by atoms with Crippen molar-refractivity contribution in [3.05, 3.63) is 23.8 Å². The minimum atomic E-state index is -0.391. The van der Waals surface area contributed by atoms with Crippen LogP contribution in [0.25, 0.3) is 0 Å². The molecule has 1 aliphatic carbocycles. The molecule has 0 bridgehead atoms. The van der Waals surface area contributed by atoms with Crippen LogP contribution in [0, 0.1) is 11.8 Å². The van der Waals surface area contributed by atoms with Gasteiger partial charge in [0.15, 0.2) is 0 Å². The van der Waals surface area contributed by atoms with Crippen molar-refractivity contribution in [2.75, 3.05) is 32.1 Å². The Morgan fingerprint density at radius 3 is 2.58 bits per heavy atom. The quantitative estimate of drug-likeness (QED) is 0.578. The molecule has 3 N–H and O–H groups in total. The standard InChI is InChI=1S/C24H36N4O5/c1-14(2)25-24(32)27(5)12-21-15(3)11-28(16(4)13-29)23(31)19-10-18(8-9-20(19)33-21)26-22(30)17-6-7-17/h8-10,14-17,21,29H,6-7,11-13H2,1-5H3,(H,25,32)(H,26,30)/t15-,16+,21-/m0/s1. The Hall–Kier alpha value is -2.81. The largest absolute Gasteiger partial charge is 0.487 e. The predicted molar refractivity (Wildman–Crippen MR) is 125 cm³/mol. The molecule has 9 heteroatoms. The molecule has 0 saturated heterocycles. The van der Waals surface area contributed by atoms with Crippen molar-refractivity contribution in [3.8, 4) is 5.75 Å². The Balaban J connectivity index is 1.89. The third kappa shape index (κ3) is 6.16. The molecule has 1 saturated carbocycles. The fourth-order valence-corrected chi connectivity index (χ4v) is 3.82. The number of carbonyl (C=O) groups excluding carboxylic acids is 3. The van der Waals surface area contributed by atoms with Crippen molar-refractivity contribution in [2.45, 2.75) is 58.7 Å². The van der Waals surface area contributed by atoms with Gasteiger partial charge in [0.2, 0.25) is 5.91 Å². The molecule has 0 radical (unpaired) electrons. The van der Waals surface area contributed by atoms with Gasteiger partial charge in [-0.2, -0.15) is 0 Å². The maximum atomic E-state index is 13.4. The van der Waals surface area contributed by atoms with Gasteiger partial charge in [-0.25, -0.2) is 4.79 Å². The Morgan fingerprint density at radius 2 is 1.97 bits per heavy atom. The first-order chi connectivity index (χ1) is 15.6. The molecule has 2 aliphatic rings. The van der Waals surface area contributed by atoms with Crippen LogP contribution in [-0.4, -0.2) is 77.7 Å². The minimum absolute atomic E-state index is 0.0131. The van der Waals surface area contributed by atoms with E-state index >= 15 is 0 Å². The number of likely N-dealkylation sites (N-methyl/N-ethyl adjacent to an activating group) is 1. The zero-order valence-corrected chi connectivity index (χ0v) is 20.1. The average Bonchev–Trinajstić information content (AvgIpc) is 3.61. The molecule has 182 valence electrons. The van der Waals surface area contributed by atoms with Crippen LogP contribution in [0.4, 0.5) is 10.5 Å². The molecule has 3 rings (SSSR count). The summed E-state index contributed by atoms with van der Waals surface area (Å²) in [5.74, 6) is 0.0420. The number of urea groups is 1. The molecule has 9 nitrogen and oxygen atoms in total. The number of ether oxygens (including phenoxy) is 1. The lowest BCUT2D eigenvalue weighted by atomic mass is 9.99. The number of nitrogens with zero attached hydrogens (tertiary/aromatic N) is 2. The van der Waals surface area contributed by atoms with Gasteiger partial charge < -0.3 is 30.3 Å². The number of carbonyl (C=O) groups is 3. The predicted octanol–water partition coefficient (Wildman–Crippen LogP) is 2.30. The molecule has 0 aromatic heterocycles. The summed E-state index contributed by atoms with van der Waals surface area (Å²) in [6.45, 7) is 8.08. The fraction of sp³-hybridized carbons (Fsp3) is 0.625. The Bertz CT molecular complexity index is 886. The summed E-state index contributed by atoms with van der Waals surface area (Å²) in [6, 6.07) is 4.48. The second-order valence-corrected chi connectivity index (χ2v) is 9.58. The number of fused-ring (bicyclic) bond motifs is 1. The molecular weight excluding hydrogens is 424 g/mol. The summed E-state index contributed by atoms with van der Waals surface area (Å²) in [4.78, 5) is 41.3. The number of benzene rings is 1. The number of amides is 4. The van der Waals surface area contributed by atoms with Gasteiger partial charge in [0.05, 0.1) is 24.8 Å². The molecule has 33 heavy (non-hydrogen) atoms. The summed E-state index contributed by atoms with van der Waals surface area (Å²) < 4.78 is 6.28. The molecule has 3 atom stereocenters. The fourth-order valence-electron chi connectivity index (χ4n) is 3.82. The third-order valence-corrected chi connectivity index (χ3v) is 6.09. The van der Waals surface area contributed by atoms with E-state index in [-0.39, 0.29) is 48.4 Å². The maximum Gasteiger partial charge on any atom is 0.317 e. The first kappa shape index (κ1) is 24.8. The van der Waals surface area contributed by atoms with Gasteiger partial charge in [-0.15, -0.1) is 0 Å². The zero-order valence-electron chi connectivity index (χ0n) is 20.1. The molecule has 1 aromatic rings. The molecule has 4 amide bonds. The lowest BCUT2D eigenvalue weighted by Crippen LogP contribution is -2.51. The van der Waals surface area contributed by atoms with Gasteiger partial charge >= 0.3 is 6.03 Å². The first-order valence-corrected chi connectivity index (χ1v) is 11.7. The van der Waals surface area contributed by atoms with Crippen molar-refractivity contribution < 1.29 is 24.2 Å². The van der Waals surface area contributed by atoms with E-state index in [0.717, 1.165) is 12.8 Å². The number of hydrogen-bond acceptors (Lipinski definition) is 5. The normalized spacial score (nSPS) is 21.4. The van der Waals surface area contributed by atoms with Gasteiger partial charge in [-0.3, -0.25) is 9.59 Å². The van der Waals surface area contributed by atoms with Crippen LogP contribution in [-0.2, 0) is 4.79 Å². The zero-order chi connectivity index (χ0) is 24.3. The molecule has 1 heterocycles. The number of rotatable bonds is 7. The SMILES string of the molecule is CC(C)NC(=O)N(C)C[C@@H]1Oc2ccc(NC(=O)C3CC3)cc2C(=O)N([C@H](C)CO)C[C@@H]1C. The summed E-state index contributed by atoms with van der Waals surface area (Å²) in [7, 11) is 1.71. The van der Waals surface area contributed by atoms with E-state index in [0.29, 0.717) is 30.1 Å². The second-order valence-electron chi connectivity index (χ2n) is 9.58. The molecule has 0 unspecified atom stereocenters. The highest BCUT2D eigenvalue weighted by Crippen LogP contribution is 2.33. The van der Waals surface area contributed by atoms with Crippen LogP contribution < -0.4 is 15.4 Å². The molecule has 0 spiro atoms. The number of aliphatic hydroxyl groups is 1. The summed E-state index contributed by atoms with van der Waals surface area (Å²) >= 11 is 0. The van der Waals surface area contributed by atoms with Crippen LogP contribution >= 0.6 is 0 Å². The lowest BCUT2D eigenvalue weighted by Gasteiger charge is -2.38. The van der Waals surface area contributed by atoms with Crippen molar-refractivity contribution in [2.24, 2.45) is 11.8 Å². The molecule has 1 fully saturated rings. The van der Waals surface area contributed by atoms with E-state index in [1.54, 1.807) is 42.0 Å². The number of anilines is 1. The third-order valence-electron chi connectivity index (χ3n) is 6.09. The Kier molecular flexibility index (Phi) is 7.84. The van der Waals surface area contributed by atoms with Gasteiger partial charge in [0.1, 0.15) is 11.9 Å². The molecular formula is C24H36N4O5. The van der Waals surface area contributed by atoms with E-state index < -0.39 is 6.04 Å². The van der Waals surface area contributed by atoms with Crippen LogP contribution in [0.1, 0.15) is 50.9 Å². The van der Waals surface area contributed by atoms with Crippen LogP contribution in [0.2, 0.25) is 0 Å². The van der Waals surface area contributed by atoms with E-state index in [1.807, 2.05) is 20.8 Å². The summed E-state index contributed by atoms with van der Waals surface area (Å²) in [5, 5.41) is 15.5. The second kappa shape index (κ2) is 10.4. The minimum Gasteiger partial charge on any atom is -0.487 e. The van der Waals surface area contributed by atoms with Crippen molar-refractivity contribution in [1.29, 1.82) is 0 Å². The highest BCUT2D eigenvalue weighted by atomic mass is 16.5. The number of nitrogens with one attached hydrogen (secondary N) is 2. The number of hydrogen-bond donors (Lipinski definition) is 3. The van der Waals surface area contributed by atoms with E-state index in [1.165, 1.54) is 0 Å². The Morgan fingerprint density at radius 1 is 1.27 bits per heavy atom. The maximum absolute atomic E-state index is 13.4. The average molecular weight is 461 g/mol. The van der Waals surface area contributed by atoms with Crippen LogP contribution in [0.15, 0.2) is 18.2 Å². The summed E-state index contributed by atoms with van der Waals surface area (Å²) in [5.41, 5.74) is 0.868. The van der Waals surface area contributed by atoms with E-state index in [4.69, 9.17) is 4.74 Å². The first-order valence-electron chi connectivity index (χ1n) is 11.7. The van der Waals surface area contributed by atoms with Gasteiger partial charge in [-0.1, -0.05) is 6.92 Å². The highest BCUT2D eigenvalue weighted by molar-refractivity contribution is 6.00. The van der Waals surface area contributed by atoms with E-state index in [9.17, 15) is 19.5 Å². The van der Waals surface area contributed by atoms with Crippen molar-refractivity contribution in [3.63, 3.8) is 0 Å². The topological polar surface area (TPSA) is 111 Å². The molecule has 1 aromatic carbocycles. The van der Waals surface area contributed by atoms with E-state index in [2.05, 4.69) is 10.6 Å². The lowest BCUT2D eigenvalue weighted by molar-refractivity contribution is -0.117. The number of aliphatic hydroxyl groups excluding tert-OH is 1. The van der Waals surface area contributed by atoms with Crippen molar-refractivity contribution in [1.82, 2.24) is 15.1 Å². The van der Waals surface area contributed by atoms with Crippen LogP contribution in [0.3, 0.4) is 0 Å². The Labute approximate surface area is 195 Å². The van der Waals surface area contributed by atoms with Gasteiger partial charge in [-0.05, 0) is 51.8 Å². The highest BCUT2D eigenvalue weighted by Gasteiger charge is 2.35. The summed E-state index contributed by atoms with van der Waals surface area (Å²) in [6.07, 6.45) is 1.40. The van der Waals surface area contributed by atoms with Gasteiger partial charge in [0.25, 0.3) is 5.91 Å². The van der Waals surface area contributed by atoms with Crippen molar-refractivity contribution >= 4 is 23.5 Å². The molecule has 1 aliphatic heterocycles. The monoisotopic (exact) mass is 460 g/mol.